The van der Waals surface area contributed by atoms with Crippen molar-refractivity contribution < 1.29 is 0 Å². The van der Waals surface area contributed by atoms with Gasteiger partial charge in [-0.15, -0.1) is 10.2 Å². The van der Waals surface area contributed by atoms with Crippen LogP contribution in [0, 0.1) is 0 Å². The highest BCUT2D eigenvalue weighted by molar-refractivity contribution is 7.13. The molecule has 5 heteroatoms. The van der Waals surface area contributed by atoms with Gasteiger partial charge in [0, 0.05) is 18.6 Å². The minimum Gasteiger partial charge on any atom is -0.340 e. The Hall–Kier alpha value is -0.680. The largest absolute Gasteiger partial charge is 0.340 e. The predicted octanol–water partition coefficient (Wildman–Crippen LogP) is 1.24. The van der Waals surface area contributed by atoms with Gasteiger partial charge in [0.15, 0.2) is 0 Å². The smallest absolute Gasteiger partial charge is 0.208 e. The molecule has 1 fully saturated rings. The minimum absolute atomic E-state index is 0.451. The summed E-state index contributed by atoms with van der Waals surface area (Å²) < 4.78 is 0. The molecule has 0 spiro atoms. The summed E-state index contributed by atoms with van der Waals surface area (Å²) >= 11 is 1.60. The number of hydrogen-bond donors (Lipinski definition) is 1. The summed E-state index contributed by atoms with van der Waals surface area (Å²) in [7, 11) is 0. The Kier molecular flexibility index (Phi) is 2.98. The van der Waals surface area contributed by atoms with Gasteiger partial charge in [-0.1, -0.05) is 11.3 Å². The van der Waals surface area contributed by atoms with E-state index in [0.717, 1.165) is 5.13 Å². The highest BCUT2D eigenvalue weighted by Crippen LogP contribution is 2.29. The minimum atomic E-state index is 0.451. The highest BCUT2D eigenvalue weighted by atomic mass is 32.1. The van der Waals surface area contributed by atoms with E-state index < -0.39 is 0 Å². The van der Waals surface area contributed by atoms with Gasteiger partial charge in [-0.25, -0.2) is 0 Å². The predicted molar refractivity (Wildman–Crippen MR) is 58.5 cm³/mol. The van der Waals surface area contributed by atoms with Gasteiger partial charge < -0.3 is 10.6 Å². The standard InChI is InChI=1S/C9H16N4S/c1-7-3-2-4-8(5-10)13(7)9-12-11-6-14-9/h6-8H,2-5,10H2,1H3. The van der Waals surface area contributed by atoms with Crippen LogP contribution >= 0.6 is 11.3 Å². The number of aromatic nitrogens is 2. The summed E-state index contributed by atoms with van der Waals surface area (Å²) in [5.74, 6) is 0. The molecule has 2 heterocycles. The van der Waals surface area contributed by atoms with Gasteiger partial charge in [0.2, 0.25) is 5.13 Å². The number of hydrogen-bond acceptors (Lipinski definition) is 5. The topological polar surface area (TPSA) is 55.0 Å². The Morgan fingerprint density at radius 3 is 3.14 bits per heavy atom. The normalized spacial score (nSPS) is 28.0. The van der Waals surface area contributed by atoms with Crippen molar-refractivity contribution in [1.82, 2.24) is 10.2 Å². The zero-order valence-electron chi connectivity index (χ0n) is 8.39. The van der Waals surface area contributed by atoms with Crippen molar-refractivity contribution in [2.45, 2.75) is 38.3 Å². The third-order valence-electron chi connectivity index (χ3n) is 2.87. The molecule has 0 aromatic carbocycles. The van der Waals surface area contributed by atoms with Crippen molar-refractivity contribution in [3.8, 4) is 0 Å². The van der Waals surface area contributed by atoms with Gasteiger partial charge in [0.05, 0.1) is 0 Å². The van der Waals surface area contributed by atoms with Crippen molar-refractivity contribution in [3.63, 3.8) is 0 Å². The molecule has 1 aromatic rings. The molecule has 0 bridgehead atoms. The van der Waals surface area contributed by atoms with Crippen LogP contribution in [0.2, 0.25) is 0 Å². The van der Waals surface area contributed by atoms with E-state index in [1.54, 1.807) is 16.8 Å². The second kappa shape index (κ2) is 4.23. The zero-order valence-corrected chi connectivity index (χ0v) is 9.20. The van der Waals surface area contributed by atoms with Crippen LogP contribution in [0.15, 0.2) is 5.51 Å². The lowest BCUT2D eigenvalue weighted by atomic mass is 9.97. The molecule has 1 saturated heterocycles. The fraction of sp³-hybridized carbons (Fsp3) is 0.778. The van der Waals surface area contributed by atoms with Crippen LogP contribution < -0.4 is 10.6 Å². The molecule has 1 aliphatic rings. The van der Waals surface area contributed by atoms with Crippen LogP contribution in [-0.2, 0) is 0 Å². The molecular weight excluding hydrogens is 196 g/mol. The molecule has 78 valence electrons. The van der Waals surface area contributed by atoms with Crippen molar-refractivity contribution in [2.75, 3.05) is 11.4 Å². The van der Waals surface area contributed by atoms with Crippen molar-refractivity contribution >= 4 is 16.5 Å². The second-order valence-electron chi connectivity index (χ2n) is 3.80. The summed E-state index contributed by atoms with van der Waals surface area (Å²) in [4.78, 5) is 2.33. The summed E-state index contributed by atoms with van der Waals surface area (Å²) in [5, 5.41) is 9.03. The van der Waals surface area contributed by atoms with Crippen molar-refractivity contribution in [2.24, 2.45) is 5.73 Å². The number of nitrogens with zero attached hydrogens (tertiary/aromatic N) is 3. The molecule has 0 radical (unpaired) electrons. The fourth-order valence-corrected chi connectivity index (χ4v) is 2.88. The maximum Gasteiger partial charge on any atom is 0.208 e. The maximum absolute atomic E-state index is 5.78. The zero-order chi connectivity index (χ0) is 9.97. The van der Waals surface area contributed by atoms with E-state index in [1.165, 1.54) is 19.3 Å². The molecule has 1 aromatic heterocycles. The molecule has 2 rings (SSSR count). The Morgan fingerprint density at radius 2 is 2.50 bits per heavy atom. The first-order valence-electron chi connectivity index (χ1n) is 5.07. The van der Waals surface area contributed by atoms with Crippen LogP contribution in [0.5, 0.6) is 0 Å². The first-order chi connectivity index (χ1) is 6.83. The van der Waals surface area contributed by atoms with Crippen LogP contribution in [0.3, 0.4) is 0 Å². The molecule has 0 aliphatic carbocycles. The van der Waals surface area contributed by atoms with Crippen LogP contribution in [0.4, 0.5) is 5.13 Å². The molecule has 4 nitrogen and oxygen atoms in total. The maximum atomic E-state index is 5.78. The molecule has 2 N–H and O–H groups in total. The lowest BCUT2D eigenvalue weighted by molar-refractivity contribution is 0.399. The van der Waals surface area contributed by atoms with Gasteiger partial charge >= 0.3 is 0 Å². The van der Waals surface area contributed by atoms with Crippen LogP contribution in [0.1, 0.15) is 26.2 Å². The lowest BCUT2D eigenvalue weighted by Crippen LogP contribution is -2.49. The Balaban J connectivity index is 2.19. The van der Waals surface area contributed by atoms with E-state index in [-0.39, 0.29) is 0 Å². The Bertz CT molecular complexity index is 274. The SMILES string of the molecule is CC1CCCC(CN)N1c1nncs1. The Morgan fingerprint density at radius 1 is 1.64 bits per heavy atom. The number of rotatable bonds is 2. The van der Waals surface area contributed by atoms with E-state index >= 15 is 0 Å². The van der Waals surface area contributed by atoms with Gasteiger partial charge in [-0.3, -0.25) is 0 Å². The second-order valence-corrected chi connectivity index (χ2v) is 4.61. The van der Waals surface area contributed by atoms with E-state index in [9.17, 15) is 0 Å². The summed E-state index contributed by atoms with van der Waals surface area (Å²) in [6.45, 7) is 2.95. The third-order valence-corrected chi connectivity index (χ3v) is 3.57. The van der Waals surface area contributed by atoms with Crippen LogP contribution in [0.25, 0.3) is 0 Å². The van der Waals surface area contributed by atoms with E-state index in [2.05, 4.69) is 22.0 Å². The van der Waals surface area contributed by atoms with Gasteiger partial charge in [-0.2, -0.15) is 0 Å². The van der Waals surface area contributed by atoms with Gasteiger partial charge in [0.25, 0.3) is 0 Å². The van der Waals surface area contributed by atoms with E-state index in [4.69, 9.17) is 5.73 Å². The van der Waals surface area contributed by atoms with Crippen molar-refractivity contribution in [1.29, 1.82) is 0 Å². The monoisotopic (exact) mass is 212 g/mol. The summed E-state index contributed by atoms with van der Waals surface area (Å²) in [6, 6.07) is 0.997. The van der Waals surface area contributed by atoms with E-state index in [0.29, 0.717) is 18.6 Å². The summed E-state index contributed by atoms with van der Waals surface area (Å²) in [6.07, 6.45) is 3.69. The lowest BCUT2D eigenvalue weighted by Gasteiger charge is -2.39. The van der Waals surface area contributed by atoms with Gasteiger partial charge in [-0.05, 0) is 26.2 Å². The molecule has 1 aliphatic heterocycles. The quantitative estimate of drug-likeness (QED) is 0.801. The number of piperidine rings is 1. The van der Waals surface area contributed by atoms with E-state index in [1.807, 2.05) is 0 Å². The first-order valence-corrected chi connectivity index (χ1v) is 5.95. The molecule has 2 atom stereocenters. The average Bonchev–Trinajstić information content (AvgIpc) is 2.70. The van der Waals surface area contributed by atoms with Crippen LogP contribution in [-0.4, -0.2) is 28.8 Å². The number of nitrogens with two attached hydrogens (primary N) is 1. The van der Waals surface area contributed by atoms with Crippen molar-refractivity contribution in [3.05, 3.63) is 5.51 Å². The third kappa shape index (κ3) is 1.74. The molecule has 0 amide bonds. The number of anilines is 1. The fourth-order valence-electron chi connectivity index (χ4n) is 2.14. The average molecular weight is 212 g/mol. The first kappa shape index (κ1) is 9.86. The molecular formula is C9H16N4S. The molecule has 2 unspecified atom stereocenters. The highest BCUT2D eigenvalue weighted by Gasteiger charge is 2.28. The van der Waals surface area contributed by atoms with Gasteiger partial charge in [0.1, 0.15) is 5.51 Å². The molecule has 0 saturated carbocycles. The molecule has 14 heavy (non-hydrogen) atoms. The summed E-state index contributed by atoms with van der Waals surface area (Å²) in [5.41, 5.74) is 7.56. The Labute approximate surface area is 88.1 Å².